The number of ether oxygens (including phenoxy) is 2. The van der Waals surface area contributed by atoms with Gasteiger partial charge < -0.3 is 14.6 Å². The fourth-order valence-electron chi connectivity index (χ4n) is 5.30. The highest BCUT2D eigenvalue weighted by Crippen LogP contribution is 2.36. The number of H-pyrrole nitrogens is 1. The van der Waals surface area contributed by atoms with Crippen LogP contribution < -0.4 is 0 Å². The summed E-state index contributed by atoms with van der Waals surface area (Å²) < 4.78 is 12.4. The molecule has 4 rings (SSSR count). The molecule has 0 radical (unpaired) electrons. The molecule has 0 spiro atoms. The number of aliphatic hydroxyl groups is 1. The zero-order valence-electron chi connectivity index (χ0n) is 19.5. The number of nitrogens with zero attached hydrogens (tertiary/aromatic N) is 2. The Bertz CT molecular complexity index is 777. The Morgan fingerprint density at radius 2 is 1.91 bits per heavy atom. The molecule has 1 aromatic carbocycles. The Kier molecular flexibility index (Phi) is 8.36. The summed E-state index contributed by atoms with van der Waals surface area (Å²) in [5.41, 5.74) is 2.50. The summed E-state index contributed by atoms with van der Waals surface area (Å²) in [6.07, 6.45) is 8.73. The average Bonchev–Trinajstić information content (AvgIpc) is 3.38. The van der Waals surface area contributed by atoms with E-state index in [2.05, 4.69) is 52.4 Å². The lowest BCUT2D eigenvalue weighted by Crippen LogP contribution is -2.53. The maximum absolute atomic E-state index is 10.9. The Labute approximate surface area is 192 Å². The monoisotopic (exact) mass is 441 g/mol. The van der Waals surface area contributed by atoms with E-state index in [9.17, 15) is 5.11 Å². The Balaban J connectivity index is 1.38. The van der Waals surface area contributed by atoms with Crippen LogP contribution in [0.4, 0.5) is 0 Å². The molecule has 2 fully saturated rings. The number of aliphatic hydroxyl groups excluding tert-OH is 1. The molecule has 2 N–H and O–H groups in total. The van der Waals surface area contributed by atoms with E-state index in [1.807, 2.05) is 19.2 Å². The number of hydrogen-bond acceptors (Lipinski definition) is 5. The molecule has 6 heteroatoms. The van der Waals surface area contributed by atoms with E-state index < -0.39 is 6.41 Å². The van der Waals surface area contributed by atoms with Crippen LogP contribution in [0.1, 0.15) is 81.9 Å². The van der Waals surface area contributed by atoms with E-state index in [1.165, 1.54) is 18.4 Å². The van der Waals surface area contributed by atoms with Gasteiger partial charge in [-0.2, -0.15) is 5.10 Å². The number of aromatic amines is 1. The number of nitrogens with one attached hydrogen (secondary N) is 1. The molecule has 1 aliphatic heterocycles. The lowest BCUT2D eigenvalue weighted by atomic mass is 9.82. The van der Waals surface area contributed by atoms with Crippen molar-refractivity contribution in [2.24, 2.45) is 0 Å². The summed E-state index contributed by atoms with van der Waals surface area (Å²) in [6.45, 7) is 5.49. The Morgan fingerprint density at radius 1 is 1.12 bits per heavy atom. The van der Waals surface area contributed by atoms with Crippen molar-refractivity contribution < 1.29 is 14.6 Å². The van der Waals surface area contributed by atoms with Gasteiger partial charge in [-0.25, -0.2) is 4.90 Å². The smallest absolute Gasteiger partial charge is 0.216 e. The molecule has 1 saturated carbocycles. The molecule has 176 valence electrons. The summed E-state index contributed by atoms with van der Waals surface area (Å²) in [6, 6.07) is 13.0. The number of rotatable bonds is 9. The van der Waals surface area contributed by atoms with Gasteiger partial charge in [-0.3, -0.25) is 5.10 Å². The predicted molar refractivity (Wildman–Crippen MR) is 125 cm³/mol. The van der Waals surface area contributed by atoms with E-state index in [1.54, 1.807) is 0 Å². The van der Waals surface area contributed by atoms with Gasteiger partial charge >= 0.3 is 0 Å². The molecule has 2 heterocycles. The van der Waals surface area contributed by atoms with E-state index in [-0.39, 0.29) is 24.2 Å². The van der Waals surface area contributed by atoms with Crippen LogP contribution in [0.3, 0.4) is 0 Å². The van der Waals surface area contributed by atoms with Crippen LogP contribution >= 0.6 is 0 Å². The Morgan fingerprint density at radius 3 is 2.59 bits per heavy atom. The molecule has 1 unspecified atom stereocenters. The average molecular weight is 442 g/mol. The van der Waals surface area contributed by atoms with Crippen LogP contribution in [0, 0.1) is 0 Å². The van der Waals surface area contributed by atoms with Crippen molar-refractivity contribution in [3.8, 4) is 0 Å². The van der Waals surface area contributed by atoms with Crippen molar-refractivity contribution in [3.63, 3.8) is 0 Å². The molecule has 1 aliphatic carbocycles. The molecular formula is C26H39N3O3. The quantitative estimate of drug-likeness (QED) is 0.548. The van der Waals surface area contributed by atoms with E-state index in [0.29, 0.717) is 12.5 Å². The third-order valence-corrected chi connectivity index (χ3v) is 7.38. The van der Waals surface area contributed by atoms with Crippen LogP contribution in [-0.2, 0) is 9.47 Å². The molecule has 1 saturated heterocycles. The number of hydrogen-bond donors (Lipinski definition) is 2. The minimum Gasteiger partial charge on any atom is -0.377 e. The molecule has 4 atom stereocenters. The fraction of sp³-hybridized carbons (Fsp3) is 0.654. The molecule has 1 aromatic heterocycles. The number of aromatic nitrogens is 2. The summed E-state index contributed by atoms with van der Waals surface area (Å²) >= 11 is 0. The zero-order chi connectivity index (χ0) is 22.3. The fourth-order valence-corrected chi connectivity index (χ4v) is 5.30. The van der Waals surface area contributed by atoms with Gasteiger partial charge in [0, 0.05) is 24.7 Å². The van der Waals surface area contributed by atoms with Gasteiger partial charge in [-0.15, -0.1) is 0 Å². The van der Waals surface area contributed by atoms with Gasteiger partial charge in [0.1, 0.15) is 0 Å². The van der Waals surface area contributed by atoms with Gasteiger partial charge in [0.15, 0.2) is 0 Å². The number of likely N-dealkylation sites (tertiary alicyclic amines) is 1. The van der Waals surface area contributed by atoms with Gasteiger partial charge in [0.25, 0.3) is 0 Å². The SMILES string of the molecule is CC[C@H](C)OC(O)N1CCC[C@H](c2cc[nH]n2)[C@@H]1CO[C@H]1CC[C@@H](c2ccccc2)CC1. The molecule has 32 heavy (non-hydrogen) atoms. The first-order valence-corrected chi connectivity index (χ1v) is 12.4. The highest BCUT2D eigenvalue weighted by molar-refractivity contribution is 5.20. The standard InChI is InChI=1S/C26H39N3O3/c1-3-19(2)32-26(30)29-17-7-10-23(24-15-16-27-28-24)25(29)18-31-22-13-11-21(12-14-22)20-8-5-4-6-9-20/h4-6,8-9,15-16,19,21-23,25-26,30H,3,7,10-14,17-18H2,1-2H3,(H,27,28)/t19-,21-,22+,23+,25-,26?/m0/s1. The van der Waals surface area contributed by atoms with Gasteiger partial charge in [0.05, 0.1) is 24.5 Å². The second-order valence-corrected chi connectivity index (χ2v) is 9.45. The second-order valence-electron chi connectivity index (χ2n) is 9.45. The topological polar surface area (TPSA) is 70.6 Å². The van der Waals surface area contributed by atoms with Crippen LogP contribution in [0.5, 0.6) is 0 Å². The largest absolute Gasteiger partial charge is 0.377 e. The third-order valence-electron chi connectivity index (χ3n) is 7.38. The molecule has 2 aromatic rings. The number of benzene rings is 1. The van der Waals surface area contributed by atoms with Crippen LogP contribution in [-0.4, -0.2) is 58.0 Å². The van der Waals surface area contributed by atoms with Crippen molar-refractivity contribution in [1.29, 1.82) is 0 Å². The highest BCUT2D eigenvalue weighted by Gasteiger charge is 2.38. The minimum absolute atomic E-state index is 0.0191. The van der Waals surface area contributed by atoms with Gasteiger partial charge in [-0.05, 0) is 69.4 Å². The Hall–Kier alpha value is -1.73. The van der Waals surface area contributed by atoms with Gasteiger partial charge in [-0.1, -0.05) is 37.3 Å². The van der Waals surface area contributed by atoms with Crippen molar-refractivity contribution >= 4 is 0 Å². The van der Waals surface area contributed by atoms with Crippen LogP contribution in [0.25, 0.3) is 0 Å². The van der Waals surface area contributed by atoms with Crippen molar-refractivity contribution in [1.82, 2.24) is 15.1 Å². The molecule has 0 bridgehead atoms. The van der Waals surface area contributed by atoms with Crippen molar-refractivity contribution in [2.75, 3.05) is 13.2 Å². The maximum Gasteiger partial charge on any atom is 0.216 e. The minimum atomic E-state index is -0.908. The molecule has 0 amide bonds. The van der Waals surface area contributed by atoms with E-state index in [4.69, 9.17) is 9.47 Å². The zero-order valence-corrected chi connectivity index (χ0v) is 19.5. The van der Waals surface area contributed by atoms with Crippen LogP contribution in [0.15, 0.2) is 42.6 Å². The first-order chi connectivity index (χ1) is 15.7. The summed E-state index contributed by atoms with van der Waals surface area (Å²) in [5, 5.41) is 18.3. The summed E-state index contributed by atoms with van der Waals surface area (Å²) in [7, 11) is 0. The van der Waals surface area contributed by atoms with Crippen molar-refractivity contribution in [3.05, 3.63) is 53.9 Å². The highest BCUT2D eigenvalue weighted by atomic mass is 16.6. The molecular weight excluding hydrogens is 402 g/mol. The van der Waals surface area contributed by atoms with E-state index in [0.717, 1.165) is 44.3 Å². The lowest BCUT2D eigenvalue weighted by molar-refractivity contribution is -0.238. The first-order valence-electron chi connectivity index (χ1n) is 12.4. The molecule has 2 aliphatic rings. The summed E-state index contributed by atoms with van der Waals surface area (Å²) in [4.78, 5) is 2.09. The predicted octanol–water partition coefficient (Wildman–Crippen LogP) is 4.79. The maximum atomic E-state index is 10.9. The third kappa shape index (κ3) is 5.79. The molecule has 6 nitrogen and oxygen atoms in total. The lowest BCUT2D eigenvalue weighted by Gasteiger charge is -2.43. The normalized spacial score (nSPS) is 29.0. The first kappa shape index (κ1) is 23.4. The second kappa shape index (κ2) is 11.4. The van der Waals surface area contributed by atoms with Crippen molar-refractivity contribution in [2.45, 2.75) is 95.3 Å². The number of piperidine rings is 1. The van der Waals surface area contributed by atoms with Gasteiger partial charge in [0.2, 0.25) is 6.41 Å². The van der Waals surface area contributed by atoms with Crippen LogP contribution in [0.2, 0.25) is 0 Å². The van der Waals surface area contributed by atoms with E-state index >= 15 is 0 Å². The summed E-state index contributed by atoms with van der Waals surface area (Å²) in [5.74, 6) is 0.871.